The highest BCUT2D eigenvalue weighted by Gasteiger charge is 2.39. The van der Waals surface area contributed by atoms with Crippen molar-refractivity contribution in [1.82, 2.24) is 14.1 Å². The number of alkyl halides is 3. The van der Waals surface area contributed by atoms with Crippen LogP contribution in [-0.4, -0.2) is 54.3 Å². The largest absolute Gasteiger partial charge is 0.481 e. The van der Waals surface area contributed by atoms with Gasteiger partial charge in [0, 0.05) is 18.3 Å². The van der Waals surface area contributed by atoms with Gasteiger partial charge in [-0.05, 0) is 50.3 Å². The molecule has 1 N–H and O–H groups in total. The summed E-state index contributed by atoms with van der Waals surface area (Å²) in [5.74, 6) is -1.01. The Kier molecular flexibility index (Phi) is 7.47. The monoisotopic (exact) mass is 563 g/mol. The zero-order valence-electron chi connectivity index (χ0n) is 20.1. The second-order valence-corrected chi connectivity index (χ2v) is 13.7. The molecule has 1 aromatic carbocycles. The molecule has 0 radical (unpaired) electrons. The Morgan fingerprint density at radius 1 is 1.08 bits per heavy atom. The minimum Gasteiger partial charge on any atom is -0.481 e. The van der Waals surface area contributed by atoms with Gasteiger partial charge in [-0.1, -0.05) is 12.8 Å². The summed E-state index contributed by atoms with van der Waals surface area (Å²) in [5, 5.41) is 12.3. The van der Waals surface area contributed by atoms with Crippen molar-refractivity contribution in [3.8, 4) is 0 Å². The highest BCUT2D eigenvalue weighted by Crippen LogP contribution is 2.40. The summed E-state index contributed by atoms with van der Waals surface area (Å²) < 4.78 is 97.1. The first-order valence-corrected chi connectivity index (χ1v) is 14.9. The van der Waals surface area contributed by atoms with E-state index in [2.05, 4.69) is 5.10 Å². The molecule has 2 aliphatic carbocycles. The molecule has 1 atom stereocenters. The number of carbonyl (C=O) groups is 1. The summed E-state index contributed by atoms with van der Waals surface area (Å²) in [4.78, 5) is 9.56. The lowest BCUT2D eigenvalue weighted by atomic mass is 9.93. The Balaban J connectivity index is 1.74. The Morgan fingerprint density at radius 2 is 1.73 bits per heavy atom. The van der Waals surface area contributed by atoms with E-state index in [0.29, 0.717) is 68.3 Å². The molecule has 1 saturated carbocycles. The lowest BCUT2D eigenvalue weighted by molar-refractivity contribution is -0.138. The van der Waals surface area contributed by atoms with Gasteiger partial charge < -0.3 is 5.11 Å². The third-order valence-electron chi connectivity index (χ3n) is 7.16. The molecule has 1 unspecified atom stereocenters. The molecule has 1 aromatic heterocycles. The van der Waals surface area contributed by atoms with E-state index in [1.807, 2.05) is 0 Å². The molecule has 0 aliphatic heterocycles. The number of fused-ring (bicyclic) bond motifs is 1. The zero-order valence-corrected chi connectivity index (χ0v) is 21.7. The predicted molar refractivity (Wildman–Crippen MR) is 126 cm³/mol. The van der Waals surface area contributed by atoms with E-state index in [9.17, 15) is 34.8 Å². The van der Waals surface area contributed by atoms with Gasteiger partial charge in [0.1, 0.15) is 0 Å². The lowest BCUT2D eigenvalue weighted by Crippen LogP contribution is -2.34. The van der Waals surface area contributed by atoms with Gasteiger partial charge in [0.2, 0.25) is 10.0 Å². The van der Waals surface area contributed by atoms with Gasteiger partial charge >= 0.3 is 12.1 Å². The third-order valence-corrected chi connectivity index (χ3v) is 11.2. The van der Waals surface area contributed by atoms with E-state index in [0.717, 1.165) is 10.4 Å². The van der Waals surface area contributed by atoms with Gasteiger partial charge in [-0.25, -0.2) is 16.8 Å². The fraction of sp³-hybridized carbons (Fsp3) is 0.565. The molecule has 4 rings (SSSR count). The number of rotatable bonds is 8. The van der Waals surface area contributed by atoms with Crippen LogP contribution in [0.5, 0.6) is 0 Å². The zero-order chi connectivity index (χ0) is 27.2. The highest BCUT2D eigenvalue weighted by molar-refractivity contribution is 7.92. The van der Waals surface area contributed by atoms with Crippen LogP contribution in [0.25, 0.3) is 0 Å². The van der Waals surface area contributed by atoms with Crippen LogP contribution in [-0.2, 0) is 43.8 Å². The van der Waals surface area contributed by atoms with Gasteiger partial charge in [0.15, 0.2) is 9.84 Å². The van der Waals surface area contributed by atoms with E-state index in [1.165, 1.54) is 17.9 Å². The van der Waals surface area contributed by atoms with Crippen LogP contribution in [0.1, 0.15) is 67.8 Å². The molecule has 37 heavy (non-hydrogen) atoms. The first-order valence-electron chi connectivity index (χ1n) is 11.9. The van der Waals surface area contributed by atoms with Crippen LogP contribution in [0.2, 0.25) is 0 Å². The fourth-order valence-corrected chi connectivity index (χ4v) is 8.57. The van der Waals surface area contributed by atoms with E-state index >= 15 is 0 Å². The van der Waals surface area contributed by atoms with Crippen molar-refractivity contribution in [3.05, 3.63) is 41.2 Å². The van der Waals surface area contributed by atoms with Crippen LogP contribution in [0.3, 0.4) is 0 Å². The molecule has 1 heterocycles. The Bertz CT molecular complexity index is 1400. The maximum absolute atomic E-state index is 13.7. The number of nitrogens with zero attached hydrogens (tertiary/aromatic N) is 3. The van der Waals surface area contributed by atoms with Crippen molar-refractivity contribution < 1.29 is 39.9 Å². The molecule has 2 aromatic rings. The van der Waals surface area contributed by atoms with Gasteiger partial charge in [-0.15, -0.1) is 0 Å². The number of hydrogen-bond donors (Lipinski definition) is 1. The van der Waals surface area contributed by atoms with E-state index in [4.69, 9.17) is 5.11 Å². The molecule has 1 fully saturated rings. The van der Waals surface area contributed by atoms with Gasteiger partial charge in [-0.2, -0.15) is 22.6 Å². The average Bonchev–Trinajstić information content (AvgIpc) is 3.52. The summed E-state index contributed by atoms with van der Waals surface area (Å²) in [6.07, 6.45) is -0.277. The molecule has 14 heteroatoms. The third kappa shape index (κ3) is 5.41. The summed E-state index contributed by atoms with van der Waals surface area (Å²) in [6, 6.07) is 1.06. The molecule has 9 nitrogen and oxygen atoms in total. The molecule has 0 amide bonds. The minimum absolute atomic E-state index is 0.101. The second-order valence-electron chi connectivity index (χ2n) is 9.49. The number of sulfonamides is 1. The molecule has 204 valence electrons. The summed E-state index contributed by atoms with van der Waals surface area (Å²) in [6.45, 7) is 0.101. The van der Waals surface area contributed by atoms with Crippen molar-refractivity contribution in [2.24, 2.45) is 0 Å². The Labute approximate surface area is 213 Å². The average molecular weight is 564 g/mol. The maximum atomic E-state index is 13.7. The van der Waals surface area contributed by atoms with Crippen LogP contribution < -0.4 is 0 Å². The number of aromatic nitrogens is 2. The first-order chi connectivity index (χ1) is 17.2. The number of aliphatic carboxylic acids is 1. The molecule has 0 bridgehead atoms. The summed E-state index contributed by atoms with van der Waals surface area (Å²) in [7, 11) is -7.46. The molecular weight excluding hydrogens is 535 g/mol. The van der Waals surface area contributed by atoms with Crippen molar-refractivity contribution in [3.63, 3.8) is 0 Å². The van der Waals surface area contributed by atoms with Gasteiger partial charge in [0.25, 0.3) is 0 Å². The van der Waals surface area contributed by atoms with Crippen LogP contribution in [0.4, 0.5) is 13.2 Å². The number of benzene rings is 1. The van der Waals surface area contributed by atoms with E-state index in [1.54, 1.807) is 0 Å². The quantitative estimate of drug-likeness (QED) is 0.518. The standard InChI is InChI=1S/C23H28F3N3O6S2/c1-28(20-7-4-8-21-19(20)14-27-29(21)10-9-22(30)31)37(34,35)18-12-15(23(24,25)26)11-17(13-18)36(32,33)16-5-2-3-6-16/h11-14,16,20H,2-10H2,1H3,(H,30,31). The smallest absolute Gasteiger partial charge is 0.416 e. The molecular formula is C23H28F3N3O6S2. The molecule has 0 spiro atoms. The van der Waals surface area contributed by atoms with Crippen LogP contribution >= 0.6 is 0 Å². The van der Waals surface area contributed by atoms with E-state index in [-0.39, 0.29) is 13.0 Å². The number of aryl methyl sites for hydroxylation is 1. The topological polar surface area (TPSA) is 127 Å². The maximum Gasteiger partial charge on any atom is 0.416 e. The fourth-order valence-electron chi connectivity index (χ4n) is 5.14. The first kappa shape index (κ1) is 27.6. The van der Waals surface area contributed by atoms with Crippen molar-refractivity contribution >= 4 is 25.8 Å². The Morgan fingerprint density at radius 3 is 2.35 bits per heavy atom. The summed E-state index contributed by atoms with van der Waals surface area (Å²) in [5.41, 5.74) is -0.119. The molecule has 0 saturated heterocycles. The van der Waals surface area contributed by atoms with Crippen LogP contribution in [0.15, 0.2) is 34.2 Å². The predicted octanol–water partition coefficient (Wildman–Crippen LogP) is 3.79. The summed E-state index contributed by atoms with van der Waals surface area (Å²) >= 11 is 0. The highest BCUT2D eigenvalue weighted by atomic mass is 32.2. The van der Waals surface area contributed by atoms with E-state index < -0.39 is 58.7 Å². The van der Waals surface area contributed by atoms with Crippen molar-refractivity contribution in [2.45, 2.75) is 85.2 Å². The Hall–Kier alpha value is -2.45. The van der Waals surface area contributed by atoms with Gasteiger partial charge in [0.05, 0.1) is 45.8 Å². The van der Waals surface area contributed by atoms with Crippen molar-refractivity contribution in [2.75, 3.05) is 7.05 Å². The number of carboxylic acid groups (broad SMARTS) is 1. The molecule has 2 aliphatic rings. The normalized spacial score (nSPS) is 19.3. The van der Waals surface area contributed by atoms with Crippen molar-refractivity contribution in [1.29, 1.82) is 0 Å². The number of sulfone groups is 1. The van der Waals surface area contributed by atoms with Gasteiger partial charge in [-0.3, -0.25) is 9.48 Å². The number of hydrogen-bond acceptors (Lipinski definition) is 6. The van der Waals surface area contributed by atoms with Crippen LogP contribution in [0, 0.1) is 0 Å². The SMILES string of the molecule is CN(C1CCCc2c1cnn2CCC(=O)O)S(=O)(=O)c1cc(C(F)(F)F)cc(S(=O)(=O)C2CCCC2)c1. The number of halogens is 3. The second kappa shape index (κ2) is 10.0. The lowest BCUT2D eigenvalue weighted by Gasteiger charge is -2.31. The minimum atomic E-state index is -4.95. The number of carboxylic acids is 1.